The second-order valence-corrected chi connectivity index (χ2v) is 6.56. The summed E-state index contributed by atoms with van der Waals surface area (Å²) < 4.78 is 10.5. The number of piperidine rings is 1. The number of fused-ring (bicyclic) bond motifs is 2. The van der Waals surface area contributed by atoms with Gasteiger partial charge in [0.05, 0.1) is 7.11 Å². The summed E-state index contributed by atoms with van der Waals surface area (Å²) in [6.45, 7) is 0. The van der Waals surface area contributed by atoms with Crippen molar-refractivity contribution in [3.05, 3.63) is 34.7 Å². The fraction of sp³-hybridized carbons (Fsp3) is 0.529. The fourth-order valence-corrected chi connectivity index (χ4v) is 3.97. The minimum atomic E-state index is -0.647. The first-order valence-electron chi connectivity index (χ1n) is 8.46. The second-order valence-electron chi connectivity index (χ2n) is 6.56. The first-order valence-corrected chi connectivity index (χ1v) is 8.46. The molecule has 1 N–H and O–H groups in total. The van der Waals surface area contributed by atoms with Gasteiger partial charge in [0.2, 0.25) is 0 Å². The van der Waals surface area contributed by atoms with Gasteiger partial charge in [0, 0.05) is 34.8 Å². The average Bonchev–Trinajstić information content (AvgIpc) is 2.85. The highest BCUT2D eigenvalue weighted by Gasteiger charge is 2.50. The number of esters is 1. The Hall–Kier alpha value is -2.77. The highest BCUT2D eigenvalue weighted by Crippen LogP contribution is 2.40. The number of nitrogens with one attached hydrogen (secondary N) is 1. The molecular weight excluding hydrogens is 338 g/mol. The average molecular weight is 359 g/mol. The Labute approximate surface area is 150 Å². The summed E-state index contributed by atoms with van der Waals surface area (Å²) >= 11 is 0. The smallest absolute Gasteiger partial charge is 0.411 e. The number of ether oxygens (including phenoxy) is 2. The van der Waals surface area contributed by atoms with Crippen LogP contribution in [0.3, 0.4) is 0 Å². The molecule has 0 aliphatic carbocycles. The summed E-state index contributed by atoms with van der Waals surface area (Å²) in [5, 5.41) is 6.11. The zero-order valence-electron chi connectivity index (χ0n) is 14.7. The van der Waals surface area contributed by atoms with Crippen molar-refractivity contribution in [2.24, 2.45) is 11.0 Å². The molecule has 1 aromatic carbocycles. The van der Waals surface area contributed by atoms with E-state index in [1.54, 1.807) is 18.2 Å². The van der Waals surface area contributed by atoms with Crippen LogP contribution < -0.4 is 5.32 Å². The van der Waals surface area contributed by atoms with E-state index in [1.165, 1.54) is 13.2 Å². The van der Waals surface area contributed by atoms with Crippen LogP contribution in [0.15, 0.2) is 29.4 Å². The van der Waals surface area contributed by atoms with Crippen molar-refractivity contribution >= 4 is 23.4 Å². The summed E-state index contributed by atoms with van der Waals surface area (Å²) in [4.78, 5) is 29.5. The zero-order valence-corrected chi connectivity index (χ0v) is 14.7. The third kappa shape index (κ3) is 3.58. The minimum absolute atomic E-state index is 0.0206. The molecule has 0 aromatic heterocycles. The minimum Gasteiger partial charge on any atom is -0.469 e. The first kappa shape index (κ1) is 18.0. The maximum absolute atomic E-state index is 12.3. The summed E-state index contributed by atoms with van der Waals surface area (Å²) in [7, 11) is 3.34. The molecular formula is C17H21N5O4. The van der Waals surface area contributed by atoms with Gasteiger partial charge in [-0.15, -0.1) is 0 Å². The van der Waals surface area contributed by atoms with E-state index in [1.807, 2.05) is 7.05 Å². The lowest BCUT2D eigenvalue weighted by molar-refractivity contribution is -0.155. The molecule has 138 valence electrons. The van der Waals surface area contributed by atoms with Crippen molar-refractivity contribution in [3.8, 4) is 0 Å². The lowest BCUT2D eigenvalue weighted by Gasteiger charge is -2.40. The molecule has 1 amide bonds. The maximum atomic E-state index is 12.3. The van der Waals surface area contributed by atoms with Crippen molar-refractivity contribution in [1.82, 2.24) is 4.90 Å². The topological polar surface area (TPSA) is 117 Å². The van der Waals surface area contributed by atoms with Crippen LogP contribution in [0.1, 0.15) is 19.3 Å². The molecule has 2 aliphatic heterocycles. The number of azide groups is 1. The number of rotatable bonds is 4. The molecule has 3 unspecified atom stereocenters. The van der Waals surface area contributed by atoms with Gasteiger partial charge in [-0.25, -0.2) is 4.79 Å². The van der Waals surface area contributed by atoms with Gasteiger partial charge < -0.3 is 9.47 Å². The third-order valence-corrected chi connectivity index (χ3v) is 5.20. The number of nitrogens with zero attached hydrogens (tertiary/aromatic N) is 4. The standard InChI is InChI=1S/C17H21N5O4/c1-22-12-6-7-13(22)15(16(23)25-2)14(9-12)26-17(24)19-10-4-3-5-11(8-10)20-21-18/h3-5,8,12-15H,6-7,9H2,1-2H3,(H,19,24)/t12-,13?,14?,15?/m1/s1. The highest BCUT2D eigenvalue weighted by atomic mass is 16.6. The van der Waals surface area contributed by atoms with Crippen molar-refractivity contribution < 1.29 is 19.1 Å². The quantitative estimate of drug-likeness (QED) is 0.383. The van der Waals surface area contributed by atoms with E-state index in [0.29, 0.717) is 23.8 Å². The number of hydrogen-bond acceptors (Lipinski definition) is 6. The molecule has 2 aliphatic rings. The van der Waals surface area contributed by atoms with Crippen LogP contribution in [0.5, 0.6) is 0 Å². The number of anilines is 1. The molecule has 2 bridgehead atoms. The molecule has 0 spiro atoms. The fourth-order valence-electron chi connectivity index (χ4n) is 3.97. The maximum Gasteiger partial charge on any atom is 0.411 e. The lowest BCUT2D eigenvalue weighted by Crippen LogP contribution is -2.53. The summed E-state index contributed by atoms with van der Waals surface area (Å²) in [6, 6.07) is 6.80. The Bertz CT molecular complexity index is 748. The normalized spacial score (nSPS) is 27.3. The molecule has 2 saturated heterocycles. The molecule has 9 nitrogen and oxygen atoms in total. The Kier molecular flexibility index (Phi) is 5.29. The lowest BCUT2D eigenvalue weighted by atomic mass is 9.87. The number of carbonyl (C=O) groups excluding carboxylic acids is 2. The SMILES string of the molecule is COC(=O)C1C(OC(=O)Nc2cccc(N=[N+]=[N-])c2)C[C@H]2CCC1N2C. The van der Waals surface area contributed by atoms with Crippen molar-refractivity contribution in [2.75, 3.05) is 19.5 Å². The molecule has 1 aromatic rings. The van der Waals surface area contributed by atoms with E-state index in [4.69, 9.17) is 15.0 Å². The predicted octanol–water partition coefficient (Wildman–Crippen LogP) is 3.20. The zero-order chi connectivity index (χ0) is 18.7. The number of carbonyl (C=O) groups is 2. The van der Waals surface area contributed by atoms with Crippen molar-refractivity contribution in [2.45, 2.75) is 37.5 Å². The third-order valence-electron chi connectivity index (χ3n) is 5.20. The molecule has 0 saturated carbocycles. The van der Waals surface area contributed by atoms with Gasteiger partial charge in [-0.2, -0.15) is 0 Å². The Balaban J connectivity index is 1.70. The van der Waals surface area contributed by atoms with Gasteiger partial charge in [-0.05, 0) is 37.6 Å². The molecule has 0 radical (unpaired) electrons. The Morgan fingerprint density at radius 1 is 1.38 bits per heavy atom. The summed E-state index contributed by atoms with van der Waals surface area (Å²) in [6.07, 6.45) is 1.28. The number of amides is 1. The van der Waals surface area contributed by atoms with E-state index in [9.17, 15) is 9.59 Å². The molecule has 2 heterocycles. The van der Waals surface area contributed by atoms with Gasteiger partial charge in [0.25, 0.3) is 0 Å². The molecule has 9 heteroatoms. The van der Waals surface area contributed by atoms with E-state index in [0.717, 1.165) is 12.8 Å². The molecule has 3 rings (SSSR count). The number of methoxy groups -OCH3 is 1. The van der Waals surface area contributed by atoms with Crippen LogP contribution >= 0.6 is 0 Å². The van der Waals surface area contributed by atoms with Gasteiger partial charge >= 0.3 is 12.1 Å². The highest BCUT2D eigenvalue weighted by molar-refractivity contribution is 5.85. The summed E-state index contributed by atoms with van der Waals surface area (Å²) in [5.41, 5.74) is 9.32. The van der Waals surface area contributed by atoms with Gasteiger partial charge in [-0.1, -0.05) is 17.2 Å². The van der Waals surface area contributed by atoms with Gasteiger partial charge in [0.1, 0.15) is 12.0 Å². The molecule has 26 heavy (non-hydrogen) atoms. The van der Waals surface area contributed by atoms with Crippen LogP contribution in [-0.4, -0.2) is 49.3 Å². The Morgan fingerprint density at radius 3 is 2.92 bits per heavy atom. The van der Waals surface area contributed by atoms with Crippen LogP contribution in [-0.2, 0) is 14.3 Å². The number of benzene rings is 1. The van der Waals surface area contributed by atoms with E-state index in [2.05, 4.69) is 20.2 Å². The van der Waals surface area contributed by atoms with Gasteiger partial charge in [0.15, 0.2) is 0 Å². The Morgan fingerprint density at radius 2 is 2.19 bits per heavy atom. The number of hydrogen-bond donors (Lipinski definition) is 1. The predicted molar refractivity (Wildman–Crippen MR) is 93.8 cm³/mol. The van der Waals surface area contributed by atoms with Crippen LogP contribution in [0, 0.1) is 5.92 Å². The van der Waals surface area contributed by atoms with Crippen LogP contribution in [0.4, 0.5) is 16.2 Å². The second kappa shape index (κ2) is 7.63. The molecule has 2 fully saturated rings. The van der Waals surface area contributed by atoms with E-state index in [-0.39, 0.29) is 12.0 Å². The van der Waals surface area contributed by atoms with E-state index < -0.39 is 18.1 Å². The van der Waals surface area contributed by atoms with Crippen LogP contribution in [0.2, 0.25) is 0 Å². The monoisotopic (exact) mass is 359 g/mol. The van der Waals surface area contributed by atoms with Crippen LogP contribution in [0.25, 0.3) is 10.4 Å². The molecule has 4 atom stereocenters. The first-order chi connectivity index (χ1) is 12.5. The largest absolute Gasteiger partial charge is 0.469 e. The van der Waals surface area contributed by atoms with Crippen molar-refractivity contribution in [1.29, 1.82) is 0 Å². The van der Waals surface area contributed by atoms with Crippen molar-refractivity contribution in [3.63, 3.8) is 0 Å². The van der Waals surface area contributed by atoms with E-state index >= 15 is 0 Å². The summed E-state index contributed by atoms with van der Waals surface area (Å²) in [5.74, 6) is -0.852. The van der Waals surface area contributed by atoms with Gasteiger partial charge in [-0.3, -0.25) is 15.0 Å².